The molecule has 1 amide bonds. The zero-order chi connectivity index (χ0) is 19.5. The van der Waals surface area contributed by atoms with Crippen LogP contribution in [-0.2, 0) is 9.53 Å². The molecule has 0 saturated heterocycles. The number of ether oxygens (including phenoxy) is 1. The van der Waals surface area contributed by atoms with Crippen LogP contribution in [0.2, 0.25) is 0 Å². The SMILES string of the molecule is Cc1cc(NC(=O)COC(=O)c2cc3ccccc3s2)n(-c2ccccc2)n1. The monoisotopic (exact) mass is 391 g/mol. The lowest BCUT2D eigenvalue weighted by atomic mass is 10.2. The number of nitrogens with one attached hydrogen (secondary N) is 1. The number of benzene rings is 2. The van der Waals surface area contributed by atoms with Gasteiger partial charge in [0.15, 0.2) is 6.61 Å². The van der Waals surface area contributed by atoms with Gasteiger partial charge in [-0.15, -0.1) is 11.3 Å². The molecule has 0 unspecified atom stereocenters. The maximum atomic E-state index is 12.3. The zero-order valence-electron chi connectivity index (χ0n) is 15.1. The summed E-state index contributed by atoms with van der Waals surface area (Å²) >= 11 is 1.34. The van der Waals surface area contributed by atoms with Gasteiger partial charge in [-0.05, 0) is 36.6 Å². The largest absolute Gasteiger partial charge is 0.451 e. The number of rotatable bonds is 5. The Morgan fingerprint density at radius 2 is 1.82 bits per heavy atom. The van der Waals surface area contributed by atoms with Gasteiger partial charge in [0.1, 0.15) is 10.7 Å². The van der Waals surface area contributed by atoms with Crippen molar-refractivity contribution in [2.75, 3.05) is 11.9 Å². The van der Waals surface area contributed by atoms with Crippen molar-refractivity contribution in [2.45, 2.75) is 6.92 Å². The summed E-state index contributed by atoms with van der Waals surface area (Å²) in [6.07, 6.45) is 0. The third-order valence-corrected chi connectivity index (χ3v) is 5.16. The van der Waals surface area contributed by atoms with E-state index in [2.05, 4.69) is 10.4 Å². The van der Waals surface area contributed by atoms with E-state index in [0.717, 1.165) is 21.5 Å². The summed E-state index contributed by atoms with van der Waals surface area (Å²) in [6.45, 7) is 1.47. The van der Waals surface area contributed by atoms with Crippen molar-refractivity contribution in [3.05, 3.63) is 77.3 Å². The summed E-state index contributed by atoms with van der Waals surface area (Å²) in [5.74, 6) is -0.415. The number of nitrogens with zero attached hydrogens (tertiary/aromatic N) is 2. The van der Waals surface area contributed by atoms with Gasteiger partial charge in [-0.3, -0.25) is 4.79 Å². The molecule has 2 aromatic carbocycles. The van der Waals surface area contributed by atoms with E-state index >= 15 is 0 Å². The van der Waals surface area contributed by atoms with Crippen LogP contribution in [0.3, 0.4) is 0 Å². The Labute approximate surface area is 165 Å². The average molecular weight is 391 g/mol. The zero-order valence-corrected chi connectivity index (χ0v) is 15.9. The summed E-state index contributed by atoms with van der Waals surface area (Å²) in [4.78, 5) is 25.0. The molecule has 0 atom stereocenters. The van der Waals surface area contributed by atoms with Crippen molar-refractivity contribution >= 4 is 39.1 Å². The Morgan fingerprint density at radius 1 is 1.07 bits per heavy atom. The first kappa shape index (κ1) is 17.9. The van der Waals surface area contributed by atoms with E-state index in [1.54, 1.807) is 16.8 Å². The number of aryl methyl sites for hydroxylation is 1. The molecule has 0 aliphatic carbocycles. The van der Waals surface area contributed by atoms with Gasteiger partial charge in [-0.25, -0.2) is 9.48 Å². The minimum absolute atomic E-state index is 0.369. The smallest absolute Gasteiger partial charge is 0.348 e. The van der Waals surface area contributed by atoms with Crippen molar-refractivity contribution in [1.29, 1.82) is 0 Å². The first-order valence-corrected chi connectivity index (χ1v) is 9.49. The number of amides is 1. The summed E-state index contributed by atoms with van der Waals surface area (Å²) in [5.41, 5.74) is 1.59. The standard InChI is InChI=1S/C21H17N3O3S/c1-14-11-19(24(23-14)16-8-3-2-4-9-16)22-20(25)13-27-21(26)18-12-15-7-5-6-10-17(15)28-18/h2-12H,13H2,1H3,(H,22,25). The van der Waals surface area contributed by atoms with Crippen molar-refractivity contribution in [1.82, 2.24) is 9.78 Å². The number of carbonyl (C=O) groups is 2. The van der Waals surface area contributed by atoms with Crippen LogP contribution in [0.5, 0.6) is 0 Å². The molecule has 0 bridgehead atoms. The second kappa shape index (κ2) is 7.66. The molecule has 4 aromatic rings. The highest BCUT2D eigenvalue weighted by Gasteiger charge is 2.15. The highest BCUT2D eigenvalue weighted by atomic mass is 32.1. The van der Waals surface area contributed by atoms with Crippen LogP contribution in [-0.4, -0.2) is 28.3 Å². The predicted octanol–water partition coefficient (Wildman–Crippen LogP) is 4.19. The van der Waals surface area contributed by atoms with Gasteiger partial charge in [0, 0.05) is 10.8 Å². The number of esters is 1. The molecule has 2 aromatic heterocycles. The molecule has 0 aliphatic rings. The van der Waals surface area contributed by atoms with Gasteiger partial charge in [0.05, 0.1) is 11.4 Å². The lowest BCUT2D eigenvalue weighted by Gasteiger charge is -2.09. The fourth-order valence-electron chi connectivity index (χ4n) is 2.82. The Hall–Kier alpha value is -3.45. The molecule has 0 spiro atoms. The van der Waals surface area contributed by atoms with E-state index in [1.165, 1.54) is 11.3 Å². The number of fused-ring (bicyclic) bond motifs is 1. The normalized spacial score (nSPS) is 10.8. The minimum atomic E-state index is -0.510. The van der Waals surface area contributed by atoms with Gasteiger partial charge < -0.3 is 10.1 Å². The Kier molecular flexibility index (Phi) is 4.90. The fraction of sp³-hybridized carbons (Fsp3) is 0.0952. The fourth-order valence-corrected chi connectivity index (χ4v) is 3.77. The number of hydrogen-bond acceptors (Lipinski definition) is 5. The Morgan fingerprint density at radius 3 is 2.61 bits per heavy atom. The third kappa shape index (κ3) is 3.79. The maximum Gasteiger partial charge on any atom is 0.348 e. The molecule has 28 heavy (non-hydrogen) atoms. The predicted molar refractivity (Wildman–Crippen MR) is 109 cm³/mol. The van der Waals surface area contributed by atoms with E-state index in [1.807, 2.05) is 61.5 Å². The van der Waals surface area contributed by atoms with Crippen LogP contribution < -0.4 is 5.32 Å². The van der Waals surface area contributed by atoms with Crippen LogP contribution in [0, 0.1) is 6.92 Å². The van der Waals surface area contributed by atoms with Crippen molar-refractivity contribution < 1.29 is 14.3 Å². The molecular weight excluding hydrogens is 374 g/mol. The van der Waals surface area contributed by atoms with E-state index < -0.39 is 11.9 Å². The van der Waals surface area contributed by atoms with Crippen LogP contribution in [0.4, 0.5) is 5.82 Å². The molecule has 0 radical (unpaired) electrons. The van der Waals surface area contributed by atoms with Crippen LogP contribution in [0.1, 0.15) is 15.4 Å². The lowest BCUT2D eigenvalue weighted by molar-refractivity contribution is -0.119. The first-order chi connectivity index (χ1) is 13.6. The van der Waals surface area contributed by atoms with Crippen molar-refractivity contribution in [3.63, 3.8) is 0 Å². The summed E-state index contributed by atoms with van der Waals surface area (Å²) in [5, 5.41) is 8.13. The van der Waals surface area contributed by atoms with E-state index in [0.29, 0.717) is 10.7 Å². The highest BCUT2D eigenvalue weighted by Crippen LogP contribution is 2.25. The van der Waals surface area contributed by atoms with Gasteiger partial charge in [-0.1, -0.05) is 36.4 Å². The van der Waals surface area contributed by atoms with Crippen LogP contribution in [0.15, 0.2) is 66.7 Å². The summed E-state index contributed by atoms with van der Waals surface area (Å²) in [7, 11) is 0. The molecule has 6 nitrogen and oxygen atoms in total. The summed E-state index contributed by atoms with van der Waals surface area (Å²) in [6, 6.07) is 20.7. The number of hydrogen-bond donors (Lipinski definition) is 1. The van der Waals surface area contributed by atoms with Gasteiger partial charge >= 0.3 is 5.97 Å². The van der Waals surface area contributed by atoms with Crippen LogP contribution in [0.25, 0.3) is 15.8 Å². The van der Waals surface area contributed by atoms with Crippen molar-refractivity contribution in [2.24, 2.45) is 0 Å². The molecule has 0 aliphatic heterocycles. The molecule has 140 valence electrons. The number of para-hydroxylation sites is 1. The van der Waals surface area contributed by atoms with Gasteiger partial charge in [-0.2, -0.15) is 5.10 Å². The van der Waals surface area contributed by atoms with E-state index in [9.17, 15) is 9.59 Å². The quantitative estimate of drug-likeness (QED) is 0.518. The maximum absolute atomic E-state index is 12.3. The molecule has 2 heterocycles. The second-order valence-corrected chi connectivity index (χ2v) is 7.27. The number of aromatic nitrogens is 2. The van der Waals surface area contributed by atoms with Crippen LogP contribution >= 0.6 is 11.3 Å². The molecule has 0 saturated carbocycles. The molecular formula is C21H17N3O3S. The highest BCUT2D eigenvalue weighted by molar-refractivity contribution is 7.20. The van der Waals surface area contributed by atoms with Gasteiger partial charge in [0.25, 0.3) is 5.91 Å². The van der Waals surface area contributed by atoms with E-state index in [4.69, 9.17) is 4.74 Å². The number of anilines is 1. The molecule has 0 fully saturated rings. The second-order valence-electron chi connectivity index (χ2n) is 6.19. The first-order valence-electron chi connectivity index (χ1n) is 8.68. The minimum Gasteiger partial charge on any atom is -0.451 e. The topological polar surface area (TPSA) is 73.2 Å². The average Bonchev–Trinajstić information content (AvgIpc) is 3.30. The molecule has 1 N–H and O–H groups in total. The summed E-state index contributed by atoms with van der Waals surface area (Å²) < 4.78 is 7.81. The lowest BCUT2D eigenvalue weighted by Crippen LogP contribution is -2.22. The molecule has 7 heteroatoms. The number of carbonyl (C=O) groups excluding carboxylic acids is 2. The third-order valence-electron chi connectivity index (χ3n) is 4.06. The Bertz CT molecular complexity index is 1120. The van der Waals surface area contributed by atoms with Gasteiger partial charge in [0.2, 0.25) is 0 Å². The Balaban J connectivity index is 1.42. The van der Waals surface area contributed by atoms with Crippen molar-refractivity contribution in [3.8, 4) is 5.69 Å². The number of thiophene rings is 1. The van der Waals surface area contributed by atoms with E-state index in [-0.39, 0.29) is 6.61 Å². The molecule has 4 rings (SSSR count).